The lowest BCUT2D eigenvalue weighted by Crippen LogP contribution is -2.40. The van der Waals surface area contributed by atoms with E-state index in [-0.39, 0.29) is 11.7 Å². The van der Waals surface area contributed by atoms with E-state index < -0.39 is 6.10 Å². The van der Waals surface area contributed by atoms with Gasteiger partial charge in [-0.2, -0.15) is 0 Å². The zero-order valence-corrected chi connectivity index (χ0v) is 22.7. The molecule has 0 saturated carbocycles. The molecule has 4 aromatic rings. The number of halogens is 1. The molecule has 1 unspecified atom stereocenters. The van der Waals surface area contributed by atoms with E-state index in [9.17, 15) is 14.3 Å². The third kappa shape index (κ3) is 6.03. The van der Waals surface area contributed by atoms with Crippen LogP contribution in [0.25, 0.3) is 11.0 Å². The van der Waals surface area contributed by atoms with Crippen LogP contribution in [0.2, 0.25) is 0 Å². The van der Waals surface area contributed by atoms with Crippen molar-refractivity contribution in [2.24, 2.45) is 0 Å². The van der Waals surface area contributed by atoms with Crippen LogP contribution in [0.5, 0.6) is 0 Å². The number of aromatic nitrogens is 2. The maximum Gasteiger partial charge on any atom is 0.253 e. The first-order valence-electron chi connectivity index (χ1n) is 14.3. The molecular weight excluding hydrogens is 505 g/mol. The Morgan fingerprint density at radius 3 is 2.38 bits per heavy atom. The van der Waals surface area contributed by atoms with Crippen molar-refractivity contribution in [2.75, 3.05) is 38.0 Å². The molecule has 40 heavy (non-hydrogen) atoms. The first-order chi connectivity index (χ1) is 19.5. The van der Waals surface area contributed by atoms with Crippen LogP contribution in [0.1, 0.15) is 40.7 Å². The fourth-order valence-corrected chi connectivity index (χ4v) is 5.81. The number of carbonyl (C=O) groups is 1. The molecule has 0 aliphatic carbocycles. The topological polar surface area (TPSA) is 73.6 Å². The molecule has 2 aliphatic rings. The van der Waals surface area contributed by atoms with E-state index in [1.54, 1.807) is 4.90 Å². The summed E-state index contributed by atoms with van der Waals surface area (Å²) < 4.78 is 15.6. The van der Waals surface area contributed by atoms with Crippen LogP contribution in [0.4, 0.5) is 10.3 Å². The summed E-state index contributed by atoms with van der Waals surface area (Å²) in [5, 5.41) is 13.4. The first-order valence-corrected chi connectivity index (χ1v) is 14.3. The maximum atomic E-state index is 13.4. The second kappa shape index (κ2) is 11.8. The van der Waals surface area contributed by atoms with Gasteiger partial charge in [-0.1, -0.05) is 36.4 Å². The van der Waals surface area contributed by atoms with E-state index in [0.717, 1.165) is 61.4 Å². The zero-order chi connectivity index (χ0) is 27.5. The number of amides is 1. The van der Waals surface area contributed by atoms with Crippen LogP contribution >= 0.6 is 0 Å². The van der Waals surface area contributed by atoms with Gasteiger partial charge in [-0.05, 0) is 73.2 Å². The normalized spacial score (nSPS) is 18.4. The van der Waals surface area contributed by atoms with Crippen molar-refractivity contribution in [3.63, 3.8) is 0 Å². The Morgan fingerprint density at radius 1 is 0.925 bits per heavy atom. The van der Waals surface area contributed by atoms with Gasteiger partial charge in [0, 0.05) is 44.3 Å². The largest absolute Gasteiger partial charge is 0.391 e. The quantitative estimate of drug-likeness (QED) is 0.343. The summed E-state index contributed by atoms with van der Waals surface area (Å²) in [6.45, 7) is 4.71. The Labute approximate surface area is 234 Å². The van der Waals surface area contributed by atoms with Crippen molar-refractivity contribution in [3.8, 4) is 0 Å². The van der Waals surface area contributed by atoms with Crippen LogP contribution in [0.3, 0.4) is 0 Å². The summed E-state index contributed by atoms with van der Waals surface area (Å²) >= 11 is 0. The van der Waals surface area contributed by atoms with Crippen LogP contribution in [0, 0.1) is 5.82 Å². The lowest BCUT2D eigenvalue weighted by atomic mass is 10.0. The summed E-state index contributed by atoms with van der Waals surface area (Å²) in [6.07, 6.45) is 3.28. The SMILES string of the molecule is O=C(c1ccc(CCN2CCC(Nc3nc4ccccc4n3Cc3ccc(F)cc3)CC2)cc1)N1CCC(O)C1. The van der Waals surface area contributed by atoms with E-state index in [0.29, 0.717) is 37.7 Å². The predicted octanol–water partition coefficient (Wildman–Crippen LogP) is 4.55. The molecule has 8 heteroatoms. The van der Waals surface area contributed by atoms with Gasteiger partial charge in [0.25, 0.3) is 5.91 Å². The second-order valence-electron chi connectivity index (χ2n) is 11.0. The molecule has 208 valence electrons. The fraction of sp³-hybridized carbons (Fsp3) is 0.375. The number of nitrogens with one attached hydrogen (secondary N) is 1. The summed E-state index contributed by atoms with van der Waals surface area (Å²) in [5.74, 6) is 0.640. The highest BCUT2D eigenvalue weighted by Gasteiger charge is 2.25. The Hall–Kier alpha value is -3.75. The molecule has 3 heterocycles. The zero-order valence-electron chi connectivity index (χ0n) is 22.7. The number of likely N-dealkylation sites (tertiary alicyclic amines) is 2. The van der Waals surface area contributed by atoms with Crippen molar-refractivity contribution in [3.05, 3.63) is 95.3 Å². The average Bonchev–Trinajstić information content (AvgIpc) is 3.57. The number of para-hydroxylation sites is 2. The molecule has 0 bridgehead atoms. The molecule has 6 rings (SSSR count). The number of fused-ring (bicyclic) bond motifs is 1. The van der Waals surface area contributed by atoms with Gasteiger partial charge in [-0.3, -0.25) is 4.79 Å². The number of aliphatic hydroxyl groups excluding tert-OH is 1. The number of imidazole rings is 1. The number of nitrogens with zero attached hydrogens (tertiary/aromatic N) is 4. The van der Waals surface area contributed by atoms with Crippen molar-refractivity contribution in [1.82, 2.24) is 19.4 Å². The highest BCUT2D eigenvalue weighted by atomic mass is 19.1. The number of benzene rings is 3. The minimum absolute atomic E-state index is 0.00358. The number of hydrogen-bond donors (Lipinski definition) is 2. The summed E-state index contributed by atoms with van der Waals surface area (Å²) in [5.41, 5.74) is 4.98. The van der Waals surface area contributed by atoms with Gasteiger partial charge in [-0.15, -0.1) is 0 Å². The molecule has 2 saturated heterocycles. The summed E-state index contributed by atoms with van der Waals surface area (Å²) in [7, 11) is 0. The number of β-amino-alcohol motifs (C(OH)–C–C–N with tert-alkyl or cyclic N) is 1. The van der Waals surface area contributed by atoms with Crippen LogP contribution in [-0.2, 0) is 13.0 Å². The minimum atomic E-state index is -0.398. The number of hydrogen-bond acceptors (Lipinski definition) is 5. The van der Waals surface area contributed by atoms with Crippen molar-refractivity contribution >= 4 is 22.9 Å². The molecule has 0 spiro atoms. The highest BCUT2D eigenvalue weighted by molar-refractivity contribution is 5.94. The Balaban J connectivity index is 1.02. The molecule has 2 N–H and O–H groups in total. The standard InChI is InChI=1S/C32H36FN5O2/c33-26-11-7-24(8-12-26)21-38-30-4-2-1-3-29(30)35-32(38)34-27-14-18-36(19-15-27)17-13-23-5-9-25(10-6-23)31(40)37-20-16-28(39)22-37/h1-12,27-28,39H,13-22H2,(H,34,35). The molecular formula is C32H36FN5O2. The maximum absolute atomic E-state index is 13.4. The molecule has 1 atom stereocenters. The smallest absolute Gasteiger partial charge is 0.253 e. The minimum Gasteiger partial charge on any atom is -0.391 e. The molecule has 2 aliphatic heterocycles. The van der Waals surface area contributed by atoms with E-state index in [4.69, 9.17) is 4.98 Å². The van der Waals surface area contributed by atoms with Gasteiger partial charge in [0.1, 0.15) is 5.82 Å². The van der Waals surface area contributed by atoms with Gasteiger partial charge in [0.15, 0.2) is 0 Å². The molecule has 7 nitrogen and oxygen atoms in total. The van der Waals surface area contributed by atoms with E-state index in [2.05, 4.69) is 33.0 Å². The monoisotopic (exact) mass is 541 g/mol. The molecule has 1 amide bonds. The van der Waals surface area contributed by atoms with Crippen molar-refractivity contribution in [2.45, 2.75) is 44.4 Å². The Kier molecular flexibility index (Phi) is 7.80. The van der Waals surface area contributed by atoms with Crippen molar-refractivity contribution in [1.29, 1.82) is 0 Å². The third-order valence-electron chi connectivity index (χ3n) is 8.20. The fourth-order valence-electron chi connectivity index (χ4n) is 5.81. The summed E-state index contributed by atoms with van der Waals surface area (Å²) in [4.78, 5) is 21.8. The second-order valence-corrected chi connectivity index (χ2v) is 11.0. The number of rotatable bonds is 8. The molecule has 3 aromatic carbocycles. The number of piperidine rings is 1. The Morgan fingerprint density at radius 2 is 1.65 bits per heavy atom. The van der Waals surface area contributed by atoms with Gasteiger partial charge in [0.2, 0.25) is 5.95 Å². The van der Waals surface area contributed by atoms with Crippen LogP contribution in [0.15, 0.2) is 72.8 Å². The van der Waals surface area contributed by atoms with Gasteiger partial charge >= 0.3 is 0 Å². The number of anilines is 1. The lowest BCUT2D eigenvalue weighted by Gasteiger charge is -2.32. The molecule has 0 radical (unpaired) electrons. The number of carbonyl (C=O) groups excluding carboxylic acids is 1. The van der Waals surface area contributed by atoms with Crippen molar-refractivity contribution < 1.29 is 14.3 Å². The van der Waals surface area contributed by atoms with Gasteiger partial charge in [0.05, 0.1) is 23.7 Å². The van der Waals surface area contributed by atoms with E-state index in [1.807, 2.05) is 42.5 Å². The van der Waals surface area contributed by atoms with Gasteiger partial charge in [-0.25, -0.2) is 9.37 Å². The van der Waals surface area contributed by atoms with E-state index in [1.165, 1.54) is 17.7 Å². The van der Waals surface area contributed by atoms with Crippen LogP contribution in [-0.4, -0.2) is 75.2 Å². The predicted molar refractivity (Wildman–Crippen MR) is 155 cm³/mol. The molecule has 2 fully saturated rings. The average molecular weight is 542 g/mol. The third-order valence-corrected chi connectivity index (χ3v) is 8.20. The van der Waals surface area contributed by atoms with Crippen LogP contribution < -0.4 is 5.32 Å². The highest BCUT2D eigenvalue weighted by Crippen LogP contribution is 2.24. The molecule has 1 aromatic heterocycles. The lowest BCUT2D eigenvalue weighted by molar-refractivity contribution is 0.0765. The summed E-state index contributed by atoms with van der Waals surface area (Å²) in [6, 6.07) is 23.1. The first kappa shape index (κ1) is 26.5. The van der Waals surface area contributed by atoms with E-state index >= 15 is 0 Å². The number of aliphatic hydroxyl groups is 1. The van der Waals surface area contributed by atoms with Gasteiger partial charge < -0.3 is 24.8 Å². The Bertz CT molecular complexity index is 1440.